The molecule has 1 saturated carbocycles. The molecule has 1 N–H and O–H groups in total. The first-order valence-corrected chi connectivity index (χ1v) is 6.77. The SMILES string of the molecule is Cc1cc(OC2CC(O)C2(C)C)ccc1C(C)C. The van der Waals surface area contributed by atoms with Crippen LogP contribution in [-0.2, 0) is 0 Å². The molecule has 1 aromatic rings. The quantitative estimate of drug-likeness (QED) is 0.884. The highest BCUT2D eigenvalue weighted by Gasteiger charge is 2.49. The predicted octanol–water partition coefficient (Wildman–Crippen LogP) is 3.66. The number of aliphatic hydroxyl groups is 1. The number of ether oxygens (including phenoxy) is 1. The van der Waals surface area contributed by atoms with E-state index in [-0.39, 0.29) is 17.6 Å². The maximum absolute atomic E-state index is 9.72. The number of hydrogen-bond donors (Lipinski definition) is 1. The highest BCUT2D eigenvalue weighted by atomic mass is 16.5. The van der Waals surface area contributed by atoms with Crippen molar-refractivity contribution < 1.29 is 9.84 Å². The summed E-state index contributed by atoms with van der Waals surface area (Å²) in [5, 5.41) is 9.72. The van der Waals surface area contributed by atoms with Gasteiger partial charge in [-0.25, -0.2) is 0 Å². The molecule has 2 atom stereocenters. The van der Waals surface area contributed by atoms with Crippen LogP contribution in [0, 0.1) is 12.3 Å². The largest absolute Gasteiger partial charge is 0.490 e. The number of benzene rings is 1. The molecule has 0 bridgehead atoms. The number of hydrogen-bond acceptors (Lipinski definition) is 2. The summed E-state index contributed by atoms with van der Waals surface area (Å²) in [6, 6.07) is 6.30. The van der Waals surface area contributed by atoms with E-state index in [2.05, 4.69) is 46.8 Å². The van der Waals surface area contributed by atoms with Crippen LogP contribution in [0.5, 0.6) is 5.75 Å². The summed E-state index contributed by atoms with van der Waals surface area (Å²) in [7, 11) is 0. The molecule has 1 aliphatic carbocycles. The van der Waals surface area contributed by atoms with Gasteiger partial charge in [0.1, 0.15) is 11.9 Å². The summed E-state index contributed by atoms with van der Waals surface area (Å²) in [6.45, 7) is 10.6. The molecule has 0 saturated heterocycles. The van der Waals surface area contributed by atoms with Gasteiger partial charge in [-0.2, -0.15) is 0 Å². The molecule has 1 fully saturated rings. The van der Waals surface area contributed by atoms with Gasteiger partial charge in [-0.1, -0.05) is 33.8 Å². The first-order chi connectivity index (χ1) is 8.32. The Morgan fingerprint density at radius 2 is 2.00 bits per heavy atom. The second-order valence-electron chi connectivity index (χ2n) is 6.35. The van der Waals surface area contributed by atoms with Gasteiger partial charge < -0.3 is 9.84 Å². The zero-order chi connectivity index (χ0) is 13.5. The lowest BCUT2D eigenvalue weighted by Gasteiger charge is -2.48. The standard InChI is InChI=1S/C16H24O2/c1-10(2)13-7-6-12(8-11(13)3)18-15-9-14(17)16(15,4)5/h6-8,10,14-15,17H,9H2,1-5H3. The zero-order valence-corrected chi connectivity index (χ0v) is 12.0. The summed E-state index contributed by atoms with van der Waals surface area (Å²) in [5.74, 6) is 1.46. The third-order valence-corrected chi connectivity index (χ3v) is 4.27. The first-order valence-electron chi connectivity index (χ1n) is 6.77. The molecule has 2 nitrogen and oxygen atoms in total. The lowest BCUT2D eigenvalue weighted by molar-refractivity contribution is -0.134. The minimum Gasteiger partial charge on any atom is -0.490 e. The Balaban J connectivity index is 2.10. The van der Waals surface area contributed by atoms with E-state index in [0.29, 0.717) is 5.92 Å². The molecule has 1 aliphatic rings. The van der Waals surface area contributed by atoms with Crippen molar-refractivity contribution in [2.75, 3.05) is 0 Å². The van der Waals surface area contributed by atoms with E-state index in [1.807, 2.05) is 6.07 Å². The van der Waals surface area contributed by atoms with Crippen molar-refractivity contribution in [2.24, 2.45) is 5.41 Å². The summed E-state index contributed by atoms with van der Waals surface area (Å²) >= 11 is 0. The van der Waals surface area contributed by atoms with Crippen LogP contribution in [0.2, 0.25) is 0 Å². The van der Waals surface area contributed by atoms with Crippen molar-refractivity contribution >= 4 is 0 Å². The summed E-state index contributed by atoms with van der Waals surface area (Å²) < 4.78 is 5.99. The average Bonchev–Trinajstić information content (AvgIpc) is 2.28. The topological polar surface area (TPSA) is 29.5 Å². The molecule has 1 aromatic carbocycles. The van der Waals surface area contributed by atoms with Gasteiger partial charge in [0.05, 0.1) is 6.10 Å². The normalized spacial score (nSPS) is 25.9. The van der Waals surface area contributed by atoms with Crippen molar-refractivity contribution in [1.82, 2.24) is 0 Å². The fourth-order valence-corrected chi connectivity index (χ4v) is 2.60. The predicted molar refractivity (Wildman–Crippen MR) is 74.1 cm³/mol. The molecule has 2 heteroatoms. The fraction of sp³-hybridized carbons (Fsp3) is 0.625. The van der Waals surface area contributed by atoms with Crippen LogP contribution >= 0.6 is 0 Å². The van der Waals surface area contributed by atoms with Gasteiger partial charge in [-0.15, -0.1) is 0 Å². The van der Waals surface area contributed by atoms with Crippen molar-refractivity contribution in [1.29, 1.82) is 0 Å². The molecule has 0 amide bonds. The van der Waals surface area contributed by atoms with Crippen molar-refractivity contribution in [2.45, 2.75) is 59.2 Å². The van der Waals surface area contributed by atoms with Crippen LogP contribution in [0.1, 0.15) is 51.2 Å². The van der Waals surface area contributed by atoms with Crippen molar-refractivity contribution in [3.8, 4) is 5.75 Å². The lowest BCUT2D eigenvalue weighted by Crippen LogP contribution is -2.56. The third-order valence-electron chi connectivity index (χ3n) is 4.27. The molecular formula is C16H24O2. The molecular weight excluding hydrogens is 224 g/mol. The molecule has 0 spiro atoms. The lowest BCUT2D eigenvalue weighted by atomic mass is 9.66. The maximum atomic E-state index is 9.72. The number of rotatable bonds is 3. The Labute approximate surface area is 110 Å². The molecule has 2 unspecified atom stereocenters. The second kappa shape index (κ2) is 4.58. The molecule has 0 aliphatic heterocycles. The van der Waals surface area contributed by atoms with Crippen molar-refractivity contribution in [3.05, 3.63) is 29.3 Å². The Hall–Kier alpha value is -1.02. The summed E-state index contributed by atoms with van der Waals surface area (Å²) in [6.07, 6.45) is 0.619. The van der Waals surface area contributed by atoms with Crippen LogP contribution in [0.4, 0.5) is 0 Å². The van der Waals surface area contributed by atoms with E-state index >= 15 is 0 Å². The van der Waals surface area contributed by atoms with Crippen LogP contribution in [0.25, 0.3) is 0 Å². The van der Waals surface area contributed by atoms with E-state index in [4.69, 9.17) is 4.74 Å². The fourth-order valence-electron chi connectivity index (χ4n) is 2.60. The number of aliphatic hydroxyl groups excluding tert-OH is 1. The molecule has 0 heterocycles. The molecule has 0 radical (unpaired) electrons. The van der Waals surface area contributed by atoms with E-state index in [0.717, 1.165) is 12.2 Å². The molecule has 100 valence electrons. The van der Waals surface area contributed by atoms with E-state index in [1.54, 1.807) is 0 Å². The minimum absolute atomic E-state index is 0.122. The van der Waals surface area contributed by atoms with Gasteiger partial charge in [0.2, 0.25) is 0 Å². The van der Waals surface area contributed by atoms with Crippen LogP contribution in [-0.4, -0.2) is 17.3 Å². The minimum atomic E-state index is -0.237. The van der Waals surface area contributed by atoms with Gasteiger partial charge in [0, 0.05) is 11.8 Å². The smallest absolute Gasteiger partial charge is 0.120 e. The Bertz CT molecular complexity index is 435. The maximum Gasteiger partial charge on any atom is 0.120 e. The molecule has 2 rings (SSSR count). The van der Waals surface area contributed by atoms with Gasteiger partial charge in [-0.3, -0.25) is 0 Å². The monoisotopic (exact) mass is 248 g/mol. The van der Waals surface area contributed by atoms with Gasteiger partial charge >= 0.3 is 0 Å². The Kier molecular flexibility index (Phi) is 3.41. The van der Waals surface area contributed by atoms with Gasteiger partial charge in [0.15, 0.2) is 0 Å². The van der Waals surface area contributed by atoms with Gasteiger partial charge in [0.25, 0.3) is 0 Å². The van der Waals surface area contributed by atoms with E-state index in [1.165, 1.54) is 11.1 Å². The highest BCUT2D eigenvalue weighted by Crippen LogP contribution is 2.43. The van der Waals surface area contributed by atoms with Crippen molar-refractivity contribution in [3.63, 3.8) is 0 Å². The highest BCUT2D eigenvalue weighted by molar-refractivity contribution is 5.36. The second-order valence-corrected chi connectivity index (χ2v) is 6.35. The molecule has 18 heavy (non-hydrogen) atoms. The third kappa shape index (κ3) is 2.26. The Morgan fingerprint density at radius 3 is 2.44 bits per heavy atom. The average molecular weight is 248 g/mol. The zero-order valence-electron chi connectivity index (χ0n) is 12.0. The van der Waals surface area contributed by atoms with E-state index in [9.17, 15) is 5.11 Å². The molecule has 0 aromatic heterocycles. The Morgan fingerprint density at radius 1 is 1.33 bits per heavy atom. The van der Waals surface area contributed by atoms with Gasteiger partial charge in [-0.05, 0) is 36.1 Å². The van der Waals surface area contributed by atoms with E-state index < -0.39 is 0 Å². The summed E-state index contributed by atoms with van der Waals surface area (Å²) in [4.78, 5) is 0. The van der Waals surface area contributed by atoms with Crippen LogP contribution < -0.4 is 4.74 Å². The first kappa shape index (κ1) is 13.4. The van der Waals surface area contributed by atoms with Crippen LogP contribution in [0.3, 0.4) is 0 Å². The summed E-state index contributed by atoms with van der Waals surface area (Å²) in [5.41, 5.74) is 2.51. The van der Waals surface area contributed by atoms with Crippen LogP contribution in [0.15, 0.2) is 18.2 Å². The number of aryl methyl sites for hydroxylation is 1.